The molecule has 0 aromatic heterocycles. The van der Waals surface area contributed by atoms with Gasteiger partial charge >= 0.3 is 0 Å². The van der Waals surface area contributed by atoms with E-state index < -0.39 is 0 Å². The van der Waals surface area contributed by atoms with Crippen LogP contribution in [-0.2, 0) is 0 Å². The molecule has 0 saturated carbocycles. The highest BCUT2D eigenvalue weighted by molar-refractivity contribution is 9.10. The van der Waals surface area contributed by atoms with E-state index in [4.69, 9.17) is 5.73 Å². The predicted molar refractivity (Wildman–Crippen MR) is 78.0 cm³/mol. The summed E-state index contributed by atoms with van der Waals surface area (Å²) < 4.78 is 14.6. The van der Waals surface area contributed by atoms with Crippen LogP contribution in [0.3, 0.4) is 0 Å². The molecule has 0 aliphatic rings. The standard InChI is InChI=1S/C14H22BrFN2/c1-5-18(6-2)14(3,4)13(17)10-8-7-9-11(15)12(10)16/h7-9,13H,5-6,17H2,1-4H3. The molecule has 0 fully saturated rings. The molecule has 0 spiro atoms. The molecule has 1 aromatic rings. The van der Waals surface area contributed by atoms with Gasteiger partial charge in [-0.15, -0.1) is 0 Å². The van der Waals surface area contributed by atoms with Gasteiger partial charge in [-0.25, -0.2) is 4.39 Å². The smallest absolute Gasteiger partial charge is 0.142 e. The van der Waals surface area contributed by atoms with E-state index in [1.165, 1.54) is 0 Å². The number of likely N-dealkylation sites (N-methyl/N-ethyl adjacent to an activating group) is 1. The first-order valence-corrected chi connectivity index (χ1v) is 7.10. The molecule has 0 aliphatic carbocycles. The van der Waals surface area contributed by atoms with Crippen molar-refractivity contribution in [2.45, 2.75) is 39.3 Å². The fourth-order valence-corrected chi connectivity index (χ4v) is 2.76. The Balaban J connectivity index is 3.12. The largest absolute Gasteiger partial charge is 0.322 e. The molecule has 0 radical (unpaired) electrons. The molecule has 1 aromatic carbocycles. The van der Waals surface area contributed by atoms with E-state index in [1.54, 1.807) is 12.1 Å². The lowest BCUT2D eigenvalue weighted by atomic mass is 9.87. The molecule has 2 N–H and O–H groups in total. The second-order valence-electron chi connectivity index (χ2n) is 4.95. The van der Waals surface area contributed by atoms with Crippen LogP contribution in [0.15, 0.2) is 22.7 Å². The van der Waals surface area contributed by atoms with Crippen molar-refractivity contribution >= 4 is 15.9 Å². The van der Waals surface area contributed by atoms with Crippen molar-refractivity contribution in [1.29, 1.82) is 0 Å². The average Bonchev–Trinajstić information content (AvgIpc) is 2.33. The SMILES string of the molecule is CCN(CC)C(C)(C)C(N)c1cccc(Br)c1F. The highest BCUT2D eigenvalue weighted by Gasteiger charge is 2.34. The van der Waals surface area contributed by atoms with Gasteiger partial charge in [0, 0.05) is 11.1 Å². The van der Waals surface area contributed by atoms with E-state index in [-0.39, 0.29) is 17.4 Å². The van der Waals surface area contributed by atoms with Crippen molar-refractivity contribution in [1.82, 2.24) is 4.90 Å². The van der Waals surface area contributed by atoms with Gasteiger partial charge in [-0.05, 0) is 48.9 Å². The van der Waals surface area contributed by atoms with Crippen LogP contribution in [0.4, 0.5) is 4.39 Å². The van der Waals surface area contributed by atoms with Gasteiger partial charge in [0.2, 0.25) is 0 Å². The van der Waals surface area contributed by atoms with Crippen LogP contribution in [0.1, 0.15) is 39.3 Å². The molecular formula is C14H22BrFN2. The van der Waals surface area contributed by atoms with Gasteiger partial charge in [0.1, 0.15) is 5.82 Å². The zero-order valence-electron chi connectivity index (χ0n) is 11.5. The van der Waals surface area contributed by atoms with E-state index in [9.17, 15) is 4.39 Å². The summed E-state index contributed by atoms with van der Waals surface area (Å²) in [5, 5.41) is 0. The van der Waals surface area contributed by atoms with Gasteiger partial charge in [0.25, 0.3) is 0 Å². The van der Waals surface area contributed by atoms with Crippen LogP contribution in [-0.4, -0.2) is 23.5 Å². The lowest BCUT2D eigenvalue weighted by Crippen LogP contribution is -2.51. The second kappa shape index (κ2) is 6.13. The normalized spacial score (nSPS) is 14.0. The fraction of sp³-hybridized carbons (Fsp3) is 0.571. The van der Waals surface area contributed by atoms with Gasteiger partial charge < -0.3 is 5.73 Å². The lowest BCUT2D eigenvalue weighted by Gasteiger charge is -2.42. The third-order valence-electron chi connectivity index (χ3n) is 3.66. The summed E-state index contributed by atoms with van der Waals surface area (Å²) in [6.45, 7) is 10.1. The maximum absolute atomic E-state index is 14.1. The summed E-state index contributed by atoms with van der Waals surface area (Å²) in [4.78, 5) is 2.25. The van der Waals surface area contributed by atoms with Crippen molar-refractivity contribution < 1.29 is 4.39 Å². The summed E-state index contributed by atoms with van der Waals surface area (Å²) in [6.07, 6.45) is 0. The summed E-state index contributed by atoms with van der Waals surface area (Å²) >= 11 is 3.21. The van der Waals surface area contributed by atoms with E-state index in [2.05, 4.69) is 48.5 Å². The van der Waals surface area contributed by atoms with Crippen LogP contribution in [0.2, 0.25) is 0 Å². The first kappa shape index (κ1) is 15.6. The van der Waals surface area contributed by atoms with E-state index >= 15 is 0 Å². The Kier molecular flexibility index (Phi) is 5.32. The van der Waals surface area contributed by atoms with Crippen LogP contribution in [0, 0.1) is 5.82 Å². The Bertz CT molecular complexity index is 403. The van der Waals surface area contributed by atoms with Gasteiger partial charge in [0.15, 0.2) is 0 Å². The van der Waals surface area contributed by atoms with Crippen LogP contribution >= 0.6 is 15.9 Å². The topological polar surface area (TPSA) is 29.3 Å². The zero-order valence-corrected chi connectivity index (χ0v) is 13.1. The molecule has 0 aliphatic heterocycles. The molecule has 0 heterocycles. The van der Waals surface area contributed by atoms with Crippen LogP contribution in [0.5, 0.6) is 0 Å². The number of rotatable bonds is 5. The Morgan fingerprint density at radius 2 is 1.89 bits per heavy atom. The predicted octanol–water partition coefficient (Wildman–Crippen LogP) is 3.71. The Hall–Kier alpha value is -0.450. The quantitative estimate of drug-likeness (QED) is 0.897. The van der Waals surface area contributed by atoms with Crippen LogP contribution < -0.4 is 5.73 Å². The summed E-state index contributed by atoms with van der Waals surface area (Å²) in [6, 6.07) is 4.90. The van der Waals surface area contributed by atoms with E-state index in [0.29, 0.717) is 10.0 Å². The summed E-state index contributed by atoms with van der Waals surface area (Å²) in [7, 11) is 0. The Morgan fingerprint density at radius 3 is 2.39 bits per heavy atom. The van der Waals surface area contributed by atoms with Crippen molar-refractivity contribution in [2.24, 2.45) is 5.73 Å². The number of nitrogens with two attached hydrogens (primary N) is 1. The number of hydrogen-bond donors (Lipinski definition) is 1. The van der Waals surface area contributed by atoms with Gasteiger partial charge in [-0.1, -0.05) is 26.0 Å². The van der Waals surface area contributed by atoms with Gasteiger partial charge in [-0.3, -0.25) is 4.90 Å². The minimum atomic E-state index is -0.366. The highest BCUT2D eigenvalue weighted by atomic mass is 79.9. The molecule has 2 nitrogen and oxygen atoms in total. The molecule has 102 valence electrons. The lowest BCUT2D eigenvalue weighted by molar-refractivity contribution is 0.105. The van der Waals surface area contributed by atoms with E-state index in [0.717, 1.165) is 13.1 Å². The molecule has 1 unspecified atom stereocenters. The number of nitrogens with zero attached hydrogens (tertiary/aromatic N) is 1. The molecule has 0 saturated heterocycles. The molecule has 0 amide bonds. The first-order chi connectivity index (χ1) is 8.36. The van der Waals surface area contributed by atoms with Gasteiger partial charge in [-0.2, -0.15) is 0 Å². The number of halogens is 2. The molecule has 4 heteroatoms. The minimum Gasteiger partial charge on any atom is -0.322 e. The van der Waals surface area contributed by atoms with Crippen molar-refractivity contribution in [2.75, 3.05) is 13.1 Å². The van der Waals surface area contributed by atoms with Crippen molar-refractivity contribution in [3.8, 4) is 0 Å². The molecule has 0 bridgehead atoms. The molecule has 1 rings (SSSR count). The molecular weight excluding hydrogens is 295 g/mol. The first-order valence-electron chi connectivity index (χ1n) is 6.30. The van der Waals surface area contributed by atoms with Crippen molar-refractivity contribution in [3.05, 3.63) is 34.1 Å². The monoisotopic (exact) mass is 316 g/mol. The third kappa shape index (κ3) is 2.92. The van der Waals surface area contributed by atoms with E-state index in [1.807, 2.05) is 6.07 Å². The third-order valence-corrected chi connectivity index (χ3v) is 4.27. The zero-order chi connectivity index (χ0) is 13.9. The maximum Gasteiger partial charge on any atom is 0.142 e. The summed E-state index contributed by atoms with van der Waals surface area (Å²) in [5.74, 6) is -0.259. The highest BCUT2D eigenvalue weighted by Crippen LogP contribution is 2.32. The average molecular weight is 317 g/mol. The number of benzene rings is 1. The molecule has 18 heavy (non-hydrogen) atoms. The Labute approximate surface area is 117 Å². The minimum absolute atomic E-state index is 0.259. The Morgan fingerprint density at radius 1 is 1.33 bits per heavy atom. The van der Waals surface area contributed by atoms with Gasteiger partial charge in [0.05, 0.1) is 10.5 Å². The molecule has 1 atom stereocenters. The maximum atomic E-state index is 14.1. The van der Waals surface area contributed by atoms with Crippen LogP contribution in [0.25, 0.3) is 0 Å². The fourth-order valence-electron chi connectivity index (χ4n) is 2.38. The number of hydrogen-bond acceptors (Lipinski definition) is 2. The second-order valence-corrected chi connectivity index (χ2v) is 5.80. The van der Waals surface area contributed by atoms with Crippen molar-refractivity contribution in [3.63, 3.8) is 0 Å². The summed E-state index contributed by atoms with van der Waals surface area (Å²) in [5.41, 5.74) is 6.56.